The van der Waals surface area contributed by atoms with Gasteiger partial charge in [-0.15, -0.1) is 0 Å². The number of hydrogen-bond donors (Lipinski definition) is 2. The molecule has 1 fully saturated rings. The van der Waals surface area contributed by atoms with Gasteiger partial charge < -0.3 is 11.1 Å². The lowest BCUT2D eigenvalue weighted by Gasteiger charge is -2.36. The van der Waals surface area contributed by atoms with E-state index in [0.29, 0.717) is 17.3 Å². The Balaban J connectivity index is 1.96. The summed E-state index contributed by atoms with van der Waals surface area (Å²) < 4.78 is 0. The van der Waals surface area contributed by atoms with Crippen LogP contribution in [0, 0.1) is 5.41 Å². The molecule has 3 heteroatoms. The van der Waals surface area contributed by atoms with E-state index < -0.39 is 0 Å². The van der Waals surface area contributed by atoms with E-state index in [-0.39, 0.29) is 0 Å². The molecule has 0 saturated heterocycles. The summed E-state index contributed by atoms with van der Waals surface area (Å²) >= 11 is 0. The van der Waals surface area contributed by atoms with Crippen LogP contribution in [0.25, 0.3) is 0 Å². The van der Waals surface area contributed by atoms with Gasteiger partial charge in [-0.2, -0.15) is 0 Å². The number of hydrogen-bond acceptors (Lipinski definition) is 1. The van der Waals surface area contributed by atoms with Crippen LogP contribution in [0.15, 0.2) is 29.3 Å². The Hall–Kier alpha value is -1.51. The van der Waals surface area contributed by atoms with Crippen LogP contribution in [0.2, 0.25) is 0 Å². The Bertz CT molecular complexity index is 459. The van der Waals surface area contributed by atoms with Gasteiger partial charge in [0.2, 0.25) is 0 Å². The second-order valence-electron chi connectivity index (χ2n) is 6.27. The topological polar surface area (TPSA) is 50.4 Å². The van der Waals surface area contributed by atoms with Crippen LogP contribution in [-0.2, 0) is 0 Å². The summed E-state index contributed by atoms with van der Waals surface area (Å²) in [6, 6.07) is 8.36. The van der Waals surface area contributed by atoms with Gasteiger partial charge in [-0.1, -0.05) is 39.3 Å². The molecular formula is C16H25N3. The minimum Gasteiger partial charge on any atom is -0.370 e. The fourth-order valence-electron chi connectivity index (χ4n) is 2.38. The first-order valence-electron chi connectivity index (χ1n) is 7.15. The van der Waals surface area contributed by atoms with Crippen molar-refractivity contribution in [1.29, 1.82) is 0 Å². The van der Waals surface area contributed by atoms with Gasteiger partial charge in [0.25, 0.3) is 0 Å². The second kappa shape index (κ2) is 5.64. The molecule has 1 aromatic carbocycles. The standard InChI is InChI=1S/C16H25N3/c1-12(2)13-6-4-7-14(10-13)19-15(17)18-11-16(3)8-5-9-16/h4,6-7,10,12H,5,8-9,11H2,1-3H3,(H3,17,18,19). The average Bonchev–Trinajstić information content (AvgIpc) is 2.34. The predicted molar refractivity (Wildman–Crippen MR) is 82.6 cm³/mol. The lowest BCUT2D eigenvalue weighted by atomic mass is 9.71. The third kappa shape index (κ3) is 3.72. The van der Waals surface area contributed by atoms with Gasteiger partial charge in [-0.25, -0.2) is 0 Å². The largest absolute Gasteiger partial charge is 0.370 e. The van der Waals surface area contributed by atoms with Crippen LogP contribution >= 0.6 is 0 Å². The SMILES string of the molecule is CC(C)c1cccc(NC(N)=NCC2(C)CCC2)c1. The van der Waals surface area contributed by atoms with Crippen molar-refractivity contribution in [3.63, 3.8) is 0 Å². The van der Waals surface area contributed by atoms with Gasteiger partial charge in [0.1, 0.15) is 0 Å². The zero-order chi connectivity index (χ0) is 13.9. The van der Waals surface area contributed by atoms with Crippen molar-refractivity contribution in [3.05, 3.63) is 29.8 Å². The Morgan fingerprint density at radius 1 is 1.42 bits per heavy atom. The van der Waals surface area contributed by atoms with Gasteiger partial charge in [-0.3, -0.25) is 4.99 Å². The summed E-state index contributed by atoms with van der Waals surface area (Å²) in [7, 11) is 0. The molecule has 0 amide bonds. The molecule has 0 bridgehead atoms. The van der Waals surface area contributed by atoms with Crippen molar-refractivity contribution in [2.24, 2.45) is 16.1 Å². The van der Waals surface area contributed by atoms with E-state index >= 15 is 0 Å². The van der Waals surface area contributed by atoms with Gasteiger partial charge in [0.15, 0.2) is 5.96 Å². The summed E-state index contributed by atoms with van der Waals surface area (Å²) in [4.78, 5) is 4.47. The van der Waals surface area contributed by atoms with E-state index in [4.69, 9.17) is 5.73 Å². The van der Waals surface area contributed by atoms with Crippen molar-refractivity contribution < 1.29 is 0 Å². The molecule has 0 heterocycles. The van der Waals surface area contributed by atoms with E-state index in [1.165, 1.54) is 24.8 Å². The van der Waals surface area contributed by atoms with Crippen LogP contribution in [0.4, 0.5) is 5.69 Å². The maximum absolute atomic E-state index is 5.96. The second-order valence-corrected chi connectivity index (χ2v) is 6.27. The number of benzene rings is 1. The van der Waals surface area contributed by atoms with Crippen LogP contribution in [-0.4, -0.2) is 12.5 Å². The van der Waals surface area contributed by atoms with Crippen LogP contribution in [0.3, 0.4) is 0 Å². The number of aliphatic imine (C=N–C) groups is 1. The summed E-state index contributed by atoms with van der Waals surface area (Å²) in [6.45, 7) is 7.49. The number of rotatable bonds is 4. The molecule has 1 aliphatic rings. The average molecular weight is 259 g/mol. The van der Waals surface area contributed by atoms with Crippen LogP contribution < -0.4 is 11.1 Å². The van der Waals surface area contributed by atoms with Crippen LogP contribution in [0.5, 0.6) is 0 Å². The van der Waals surface area contributed by atoms with Crippen molar-refractivity contribution in [2.45, 2.75) is 46.0 Å². The molecule has 3 N–H and O–H groups in total. The first-order valence-corrected chi connectivity index (χ1v) is 7.15. The van der Waals surface area contributed by atoms with E-state index in [1.807, 2.05) is 6.07 Å². The zero-order valence-electron chi connectivity index (χ0n) is 12.2. The Morgan fingerprint density at radius 3 is 2.74 bits per heavy atom. The molecule has 3 nitrogen and oxygen atoms in total. The van der Waals surface area contributed by atoms with Gasteiger partial charge in [0.05, 0.1) is 0 Å². The molecule has 1 saturated carbocycles. The molecule has 1 aromatic rings. The zero-order valence-corrected chi connectivity index (χ0v) is 12.2. The lowest BCUT2D eigenvalue weighted by Crippen LogP contribution is -2.31. The number of guanidine groups is 1. The smallest absolute Gasteiger partial charge is 0.193 e. The monoisotopic (exact) mass is 259 g/mol. The molecular weight excluding hydrogens is 234 g/mol. The highest BCUT2D eigenvalue weighted by Crippen LogP contribution is 2.40. The third-order valence-electron chi connectivity index (χ3n) is 4.02. The molecule has 0 radical (unpaired) electrons. The molecule has 0 unspecified atom stereocenters. The van der Waals surface area contributed by atoms with Gasteiger partial charge in [0, 0.05) is 12.2 Å². The minimum absolute atomic E-state index is 0.381. The Morgan fingerprint density at radius 2 is 2.16 bits per heavy atom. The maximum Gasteiger partial charge on any atom is 0.193 e. The minimum atomic E-state index is 0.381. The third-order valence-corrected chi connectivity index (χ3v) is 4.02. The highest BCUT2D eigenvalue weighted by Gasteiger charge is 2.31. The van der Waals surface area contributed by atoms with Crippen LogP contribution in [0.1, 0.15) is 51.5 Å². The van der Waals surface area contributed by atoms with Crippen molar-refractivity contribution >= 4 is 11.6 Å². The molecule has 19 heavy (non-hydrogen) atoms. The molecule has 104 valence electrons. The van der Waals surface area contributed by atoms with Crippen molar-refractivity contribution in [1.82, 2.24) is 0 Å². The summed E-state index contributed by atoms with van der Waals surface area (Å²) in [5.41, 5.74) is 8.67. The predicted octanol–water partition coefficient (Wildman–Crippen LogP) is 3.73. The fraction of sp³-hybridized carbons (Fsp3) is 0.562. The van der Waals surface area contributed by atoms with E-state index in [2.05, 4.69) is 49.3 Å². The molecule has 0 aliphatic heterocycles. The Kier molecular flexibility index (Phi) is 4.13. The van der Waals surface area contributed by atoms with E-state index in [0.717, 1.165) is 12.2 Å². The first-order chi connectivity index (χ1) is 8.98. The molecule has 0 aromatic heterocycles. The Labute approximate surface area is 116 Å². The molecule has 0 atom stereocenters. The number of anilines is 1. The molecule has 1 aliphatic carbocycles. The quantitative estimate of drug-likeness (QED) is 0.639. The summed E-state index contributed by atoms with van der Waals surface area (Å²) in [5.74, 6) is 1.04. The fourth-order valence-corrected chi connectivity index (χ4v) is 2.38. The lowest BCUT2D eigenvalue weighted by molar-refractivity contribution is 0.174. The maximum atomic E-state index is 5.96. The normalized spacial score (nSPS) is 18.2. The van der Waals surface area contributed by atoms with Crippen molar-refractivity contribution in [3.8, 4) is 0 Å². The van der Waals surface area contributed by atoms with E-state index in [9.17, 15) is 0 Å². The molecule has 0 spiro atoms. The number of nitrogens with two attached hydrogens (primary N) is 1. The van der Waals surface area contributed by atoms with Gasteiger partial charge in [-0.05, 0) is 41.9 Å². The van der Waals surface area contributed by atoms with E-state index in [1.54, 1.807) is 0 Å². The first kappa shape index (κ1) is 13.9. The number of nitrogens with zero attached hydrogens (tertiary/aromatic N) is 1. The highest BCUT2D eigenvalue weighted by molar-refractivity contribution is 5.92. The highest BCUT2D eigenvalue weighted by atomic mass is 15.1. The summed E-state index contributed by atoms with van der Waals surface area (Å²) in [6.07, 6.45) is 3.87. The molecule has 2 rings (SSSR count). The number of nitrogens with one attached hydrogen (secondary N) is 1. The van der Waals surface area contributed by atoms with Gasteiger partial charge >= 0.3 is 0 Å². The summed E-state index contributed by atoms with van der Waals surface area (Å²) in [5, 5.41) is 3.19. The van der Waals surface area contributed by atoms with Crippen molar-refractivity contribution in [2.75, 3.05) is 11.9 Å².